The number of nitrogens with zero attached hydrogens (tertiary/aromatic N) is 2. The number of para-hydroxylation sites is 1. The third kappa shape index (κ3) is 2.61. The molecule has 21 heavy (non-hydrogen) atoms. The van der Waals surface area contributed by atoms with E-state index in [0.29, 0.717) is 5.39 Å². The van der Waals surface area contributed by atoms with E-state index in [9.17, 15) is 9.59 Å². The minimum Gasteiger partial charge on any atom is -0.448 e. The average Bonchev–Trinajstić information content (AvgIpc) is 3.15. The van der Waals surface area contributed by atoms with Crippen LogP contribution in [0.1, 0.15) is 30.3 Å². The topological polar surface area (TPSA) is 75.3 Å². The van der Waals surface area contributed by atoms with E-state index in [-0.39, 0.29) is 11.6 Å². The second-order valence-corrected chi connectivity index (χ2v) is 5.20. The van der Waals surface area contributed by atoms with Crippen LogP contribution < -0.4 is 0 Å². The Morgan fingerprint density at radius 2 is 2.00 bits per heavy atom. The van der Waals surface area contributed by atoms with E-state index in [1.807, 2.05) is 18.2 Å². The highest BCUT2D eigenvalue weighted by Gasteiger charge is 2.27. The lowest BCUT2D eigenvalue weighted by atomic mass is 10.2. The molecule has 0 unspecified atom stereocenters. The van der Waals surface area contributed by atoms with Crippen LogP contribution >= 0.6 is 0 Å². The second-order valence-electron chi connectivity index (χ2n) is 5.20. The van der Waals surface area contributed by atoms with Gasteiger partial charge >= 0.3 is 5.97 Å². The minimum absolute atomic E-state index is 0.138. The molecule has 1 aromatic carbocycles. The number of aromatic amines is 1. The molecule has 2 aromatic rings. The summed E-state index contributed by atoms with van der Waals surface area (Å²) < 4.78 is 5.26. The zero-order chi connectivity index (χ0) is 14.8. The van der Waals surface area contributed by atoms with Crippen molar-refractivity contribution in [2.75, 3.05) is 13.1 Å². The van der Waals surface area contributed by atoms with Gasteiger partial charge in [0, 0.05) is 18.5 Å². The zero-order valence-electron chi connectivity index (χ0n) is 11.8. The molecule has 0 aliphatic carbocycles. The van der Waals surface area contributed by atoms with Crippen molar-refractivity contribution >= 4 is 22.8 Å². The van der Waals surface area contributed by atoms with Crippen molar-refractivity contribution in [3.05, 3.63) is 30.0 Å². The summed E-state index contributed by atoms with van der Waals surface area (Å²) in [6, 6.07) is 7.31. The summed E-state index contributed by atoms with van der Waals surface area (Å²) in [5.74, 6) is -0.715. The summed E-state index contributed by atoms with van der Waals surface area (Å²) in [6.07, 6.45) is 1.23. The Labute approximate surface area is 122 Å². The van der Waals surface area contributed by atoms with E-state index < -0.39 is 12.1 Å². The molecule has 1 aliphatic rings. The van der Waals surface area contributed by atoms with Crippen molar-refractivity contribution in [2.45, 2.75) is 25.9 Å². The molecule has 6 heteroatoms. The Bertz CT molecular complexity index is 674. The van der Waals surface area contributed by atoms with Gasteiger partial charge in [-0.15, -0.1) is 0 Å². The van der Waals surface area contributed by atoms with E-state index in [1.54, 1.807) is 17.9 Å². The lowest BCUT2D eigenvalue weighted by molar-refractivity contribution is -0.138. The molecule has 1 N–H and O–H groups in total. The van der Waals surface area contributed by atoms with Gasteiger partial charge in [-0.2, -0.15) is 5.10 Å². The summed E-state index contributed by atoms with van der Waals surface area (Å²) in [4.78, 5) is 26.0. The largest absolute Gasteiger partial charge is 0.448 e. The lowest BCUT2D eigenvalue weighted by Crippen LogP contribution is -2.38. The van der Waals surface area contributed by atoms with Crippen LogP contribution in [0.3, 0.4) is 0 Å². The first-order chi connectivity index (χ1) is 10.2. The van der Waals surface area contributed by atoms with Crippen LogP contribution in [0.25, 0.3) is 10.9 Å². The van der Waals surface area contributed by atoms with Gasteiger partial charge < -0.3 is 9.64 Å². The number of fused-ring (bicyclic) bond motifs is 1. The number of hydrogen-bond acceptors (Lipinski definition) is 4. The highest BCUT2D eigenvalue weighted by Crippen LogP contribution is 2.17. The maximum absolute atomic E-state index is 12.2. The highest BCUT2D eigenvalue weighted by molar-refractivity contribution is 6.02. The van der Waals surface area contributed by atoms with E-state index in [1.165, 1.54) is 0 Å². The summed E-state index contributed by atoms with van der Waals surface area (Å²) in [6.45, 7) is 3.09. The molecule has 1 saturated heterocycles. The van der Waals surface area contributed by atoms with E-state index in [4.69, 9.17) is 4.74 Å². The number of rotatable bonds is 3. The van der Waals surface area contributed by atoms with Gasteiger partial charge in [0.1, 0.15) is 0 Å². The molecule has 6 nitrogen and oxygen atoms in total. The number of H-pyrrole nitrogens is 1. The normalized spacial score (nSPS) is 16.1. The number of benzene rings is 1. The molecule has 1 amide bonds. The Hall–Kier alpha value is -2.37. The maximum Gasteiger partial charge on any atom is 0.360 e. The predicted octanol–water partition coefficient (Wildman–Crippen LogP) is 1.73. The molecule has 1 fully saturated rings. The summed E-state index contributed by atoms with van der Waals surface area (Å²) in [5.41, 5.74) is 0.981. The van der Waals surface area contributed by atoms with Crippen LogP contribution in [0.4, 0.5) is 0 Å². The van der Waals surface area contributed by atoms with Crippen LogP contribution in [0.2, 0.25) is 0 Å². The highest BCUT2D eigenvalue weighted by atomic mass is 16.5. The molecular weight excluding hydrogens is 270 g/mol. The van der Waals surface area contributed by atoms with Crippen molar-refractivity contribution < 1.29 is 14.3 Å². The van der Waals surface area contributed by atoms with Gasteiger partial charge in [-0.05, 0) is 25.8 Å². The third-order valence-electron chi connectivity index (χ3n) is 3.71. The van der Waals surface area contributed by atoms with Gasteiger partial charge in [0.05, 0.1) is 5.52 Å². The Morgan fingerprint density at radius 3 is 2.76 bits per heavy atom. The molecule has 0 radical (unpaired) electrons. The number of likely N-dealkylation sites (tertiary alicyclic amines) is 1. The molecule has 3 rings (SSSR count). The van der Waals surface area contributed by atoms with Crippen LogP contribution in [0.5, 0.6) is 0 Å². The van der Waals surface area contributed by atoms with Gasteiger partial charge in [-0.3, -0.25) is 9.89 Å². The Balaban J connectivity index is 1.72. The monoisotopic (exact) mass is 287 g/mol. The fraction of sp³-hybridized carbons (Fsp3) is 0.400. The number of carbonyl (C=O) groups is 2. The lowest BCUT2D eigenvalue weighted by Gasteiger charge is -2.20. The molecule has 1 atom stereocenters. The Kier molecular flexibility index (Phi) is 3.60. The number of aromatic nitrogens is 2. The van der Waals surface area contributed by atoms with E-state index in [0.717, 1.165) is 31.4 Å². The van der Waals surface area contributed by atoms with Crippen molar-refractivity contribution in [3.63, 3.8) is 0 Å². The van der Waals surface area contributed by atoms with Crippen LogP contribution in [-0.4, -0.2) is 46.2 Å². The van der Waals surface area contributed by atoms with Crippen LogP contribution in [-0.2, 0) is 9.53 Å². The zero-order valence-corrected chi connectivity index (χ0v) is 11.8. The van der Waals surface area contributed by atoms with Crippen LogP contribution in [0, 0.1) is 0 Å². The first-order valence-electron chi connectivity index (χ1n) is 7.09. The summed E-state index contributed by atoms with van der Waals surface area (Å²) in [5, 5.41) is 7.46. The number of ether oxygens (including phenoxy) is 1. The molecule has 110 valence electrons. The molecule has 2 heterocycles. The standard InChI is InChI=1S/C15H17N3O3/c1-10(14(19)18-8-4-5-9-18)21-15(20)13-11-6-2-3-7-12(11)16-17-13/h2-3,6-7,10H,4-5,8-9H2,1H3,(H,16,17)/t10-/m1/s1. The predicted molar refractivity (Wildman–Crippen MR) is 76.8 cm³/mol. The maximum atomic E-state index is 12.2. The van der Waals surface area contributed by atoms with Crippen molar-refractivity contribution in [2.24, 2.45) is 0 Å². The number of esters is 1. The first-order valence-corrected chi connectivity index (χ1v) is 7.09. The molecular formula is C15H17N3O3. The van der Waals surface area contributed by atoms with E-state index in [2.05, 4.69) is 10.2 Å². The quantitative estimate of drug-likeness (QED) is 0.872. The van der Waals surface area contributed by atoms with Gasteiger partial charge in [-0.25, -0.2) is 4.79 Å². The molecule has 0 saturated carbocycles. The molecule has 1 aliphatic heterocycles. The fourth-order valence-corrected chi connectivity index (χ4v) is 2.58. The second kappa shape index (κ2) is 5.55. The summed E-state index contributed by atoms with van der Waals surface area (Å²) in [7, 11) is 0. The number of carbonyl (C=O) groups excluding carboxylic acids is 2. The SMILES string of the molecule is C[C@@H](OC(=O)c1n[nH]c2ccccc12)C(=O)N1CCCC1. The smallest absolute Gasteiger partial charge is 0.360 e. The number of amides is 1. The molecule has 0 bridgehead atoms. The Morgan fingerprint density at radius 1 is 1.29 bits per heavy atom. The van der Waals surface area contributed by atoms with E-state index >= 15 is 0 Å². The molecule has 0 spiro atoms. The van der Waals surface area contributed by atoms with Crippen molar-refractivity contribution in [3.8, 4) is 0 Å². The van der Waals surface area contributed by atoms with Crippen molar-refractivity contribution in [1.29, 1.82) is 0 Å². The van der Waals surface area contributed by atoms with Gasteiger partial charge in [0.25, 0.3) is 5.91 Å². The number of hydrogen-bond donors (Lipinski definition) is 1. The van der Waals surface area contributed by atoms with Gasteiger partial charge in [0.2, 0.25) is 0 Å². The number of nitrogens with one attached hydrogen (secondary N) is 1. The third-order valence-corrected chi connectivity index (χ3v) is 3.71. The molecule has 1 aromatic heterocycles. The minimum atomic E-state index is -0.786. The van der Waals surface area contributed by atoms with Crippen molar-refractivity contribution in [1.82, 2.24) is 15.1 Å². The fourth-order valence-electron chi connectivity index (χ4n) is 2.58. The van der Waals surface area contributed by atoms with Gasteiger partial charge in [0.15, 0.2) is 11.8 Å². The van der Waals surface area contributed by atoms with Crippen LogP contribution in [0.15, 0.2) is 24.3 Å². The van der Waals surface area contributed by atoms with Gasteiger partial charge in [-0.1, -0.05) is 18.2 Å². The average molecular weight is 287 g/mol. The first kappa shape index (κ1) is 13.6. The summed E-state index contributed by atoms with van der Waals surface area (Å²) >= 11 is 0.